The van der Waals surface area contributed by atoms with Crippen LogP contribution in [0.5, 0.6) is 5.75 Å². The molecule has 35 heavy (non-hydrogen) atoms. The van der Waals surface area contributed by atoms with Crippen LogP contribution in [0.15, 0.2) is 54.6 Å². The van der Waals surface area contributed by atoms with Gasteiger partial charge < -0.3 is 14.7 Å². The predicted molar refractivity (Wildman–Crippen MR) is 129 cm³/mol. The first-order valence-corrected chi connectivity index (χ1v) is 12.6. The van der Waals surface area contributed by atoms with Gasteiger partial charge in [-0.3, -0.25) is 19.3 Å². The van der Waals surface area contributed by atoms with Crippen LogP contribution in [0.25, 0.3) is 0 Å². The van der Waals surface area contributed by atoms with E-state index in [-0.39, 0.29) is 24.0 Å². The summed E-state index contributed by atoms with van der Waals surface area (Å²) in [6.45, 7) is 0.499. The van der Waals surface area contributed by atoms with Crippen molar-refractivity contribution in [3.8, 4) is 5.75 Å². The lowest BCUT2D eigenvalue weighted by Crippen LogP contribution is -2.71. The molecule has 3 fully saturated rings. The molecule has 7 nitrogen and oxygen atoms in total. The molecule has 2 aromatic carbocycles. The molecule has 0 bridgehead atoms. The molecule has 2 heterocycles. The molecule has 5 rings (SSSR count). The van der Waals surface area contributed by atoms with E-state index >= 15 is 0 Å². The van der Waals surface area contributed by atoms with Crippen LogP contribution in [0.3, 0.4) is 0 Å². The number of phenolic OH excluding ortho intramolecular Hbond substituents is 1. The van der Waals surface area contributed by atoms with Gasteiger partial charge in [-0.25, -0.2) is 0 Å². The van der Waals surface area contributed by atoms with Crippen molar-refractivity contribution in [1.29, 1.82) is 0 Å². The summed E-state index contributed by atoms with van der Waals surface area (Å²) in [5.41, 5.74) is 1.88. The Morgan fingerprint density at radius 1 is 0.829 bits per heavy atom. The number of hydrogen-bond donors (Lipinski definition) is 1. The van der Waals surface area contributed by atoms with Gasteiger partial charge in [0.05, 0.1) is 12.5 Å². The highest BCUT2D eigenvalue weighted by Gasteiger charge is 2.53. The van der Waals surface area contributed by atoms with E-state index in [0.717, 1.165) is 36.8 Å². The van der Waals surface area contributed by atoms with Crippen molar-refractivity contribution < 1.29 is 24.2 Å². The minimum Gasteiger partial charge on any atom is -0.508 e. The fourth-order valence-electron chi connectivity index (χ4n) is 5.75. The third kappa shape index (κ3) is 5.04. The summed E-state index contributed by atoms with van der Waals surface area (Å²) in [6, 6.07) is 15.4. The Kier molecular flexibility index (Phi) is 6.75. The number of carbonyl (C=O) groups excluding carboxylic acids is 3. The van der Waals surface area contributed by atoms with Gasteiger partial charge >= 0.3 is 5.97 Å². The van der Waals surface area contributed by atoms with Crippen LogP contribution in [-0.4, -0.2) is 57.5 Å². The quantitative estimate of drug-likeness (QED) is 0.646. The normalized spacial score (nSPS) is 25.4. The highest BCUT2D eigenvalue weighted by Crippen LogP contribution is 2.33. The maximum atomic E-state index is 14.0. The molecule has 0 spiro atoms. The summed E-state index contributed by atoms with van der Waals surface area (Å²) in [5, 5.41) is 9.69. The number of esters is 1. The number of rotatable bonds is 6. The van der Waals surface area contributed by atoms with E-state index in [1.54, 1.807) is 29.2 Å². The summed E-state index contributed by atoms with van der Waals surface area (Å²) in [7, 11) is 0. The Bertz CT molecular complexity index is 1060. The van der Waals surface area contributed by atoms with Crippen molar-refractivity contribution >= 4 is 17.8 Å². The molecule has 3 atom stereocenters. The minimum absolute atomic E-state index is 0.0684. The number of fused-ring (bicyclic) bond motifs is 1. The van der Waals surface area contributed by atoms with Crippen LogP contribution in [0, 0.1) is 5.92 Å². The summed E-state index contributed by atoms with van der Waals surface area (Å²) >= 11 is 0. The molecule has 1 saturated carbocycles. The maximum Gasteiger partial charge on any atom is 0.310 e. The fourth-order valence-corrected chi connectivity index (χ4v) is 5.75. The molecular weight excluding hydrogens is 444 g/mol. The number of piperazine rings is 1. The van der Waals surface area contributed by atoms with Crippen LogP contribution >= 0.6 is 0 Å². The first-order chi connectivity index (χ1) is 17.0. The van der Waals surface area contributed by atoms with Crippen molar-refractivity contribution in [2.75, 3.05) is 6.54 Å². The zero-order chi connectivity index (χ0) is 24.4. The first kappa shape index (κ1) is 23.4. The van der Waals surface area contributed by atoms with Crippen LogP contribution in [0.4, 0.5) is 0 Å². The van der Waals surface area contributed by atoms with Crippen molar-refractivity contribution in [2.45, 2.75) is 69.7 Å². The van der Waals surface area contributed by atoms with E-state index in [9.17, 15) is 19.5 Å². The van der Waals surface area contributed by atoms with E-state index < -0.39 is 24.3 Å². The topological polar surface area (TPSA) is 87.2 Å². The fraction of sp³-hybridized carbons (Fsp3) is 0.464. The van der Waals surface area contributed by atoms with Gasteiger partial charge in [0.1, 0.15) is 11.8 Å². The number of nitrogens with zero attached hydrogens (tertiary/aromatic N) is 2. The van der Waals surface area contributed by atoms with Crippen molar-refractivity contribution in [3.63, 3.8) is 0 Å². The lowest BCUT2D eigenvalue weighted by molar-refractivity contribution is -0.203. The first-order valence-electron chi connectivity index (χ1n) is 12.6. The number of phenols is 1. The zero-order valence-electron chi connectivity index (χ0n) is 19.8. The van der Waals surface area contributed by atoms with Gasteiger partial charge in [0.15, 0.2) is 0 Å². The number of carbonyl (C=O) groups is 3. The standard InChI is InChI=1S/C28H32N2O5/c31-23-13-11-20(12-14-23)16-24-26(33)30-22(15-19-7-3-1-4-8-19)17-25(32)35-28(30)27(34)29(24)18-21-9-5-2-6-10-21/h1,3-4,7-8,11-14,21-22,24,28,31H,2,5-6,9-10,15-18H2. The molecule has 0 aromatic heterocycles. The van der Waals surface area contributed by atoms with Crippen molar-refractivity contribution in [1.82, 2.24) is 9.80 Å². The summed E-state index contributed by atoms with van der Waals surface area (Å²) in [5.74, 6) is -0.418. The van der Waals surface area contributed by atoms with Crippen LogP contribution in [0.1, 0.15) is 49.7 Å². The highest BCUT2D eigenvalue weighted by molar-refractivity contribution is 5.98. The monoisotopic (exact) mass is 476 g/mol. The second kappa shape index (κ2) is 10.1. The van der Waals surface area contributed by atoms with E-state index in [2.05, 4.69) is 0 Å². The molecule has 3 unspecified atom stereocenters. The lowest BCUT2D eigenvalue weighted by atomic mass is 9.87. The van der Waals surface area contributed by atoms with Gasteiger partial charge in [0.2, 0.25) is 5.91 Å². The second-order valence-corrected chi connectivity index (χ2v) is 10.0. The molecule has 2 saturated heterocycles. The molecule has 3 aliphatic rings. The second-order valence-electron chi connectivity index (χ2n) is 10.0. The molecule has 7 heteroatoms. The van der Waals surface area contributed by atoms with Gasteiger partial charge in [-0.1, -0.05) is 61.7 Å². The number of ether oxygens (including phenoxy) is 1. The summed E-state index contributed by atoms with van der Waals surface area (Å²) < 4.78 is 5.52. The van der Waals surface area contributed by atoms with Crippen LogP contribution in [0.2, 0.25) is 0 Å². The third-order valence-electron chi connectivity index (χ3n) is 7.56. The van der Waals surface area contributed by atoms with Gasteiger partial charge in [-0.2, -0.15) is 0 Å². The molecular formula is C28H32N2O5. The van der Waals surface area contributed by atoms with E-state index in [0.29, 0.717) is 25.3 Å². The Morgan fingerprint density at radius 3 is 2.23 bits per heavy atom. The SMILES string of the molecule is O=C1CC(Cc2ccccc2)N2C(=O)C(Cc3ccc(O)cc3)N(CC3CCCCC3)C(=O)C2O1. The molecule has 2 aromatic rings. The highest BCUT2D eigenvalue weighted by atomic mass is 16.6. The van der Waals surface area contributed by atoms with Gasteiger partial charge in [0, 0.05) is 13.0 Å². The average molecular weight is 477 g/mol. The summed E-state index contributed by atoms with van der Waals surface area (Å²) in [4.78, 5) is 43.5. The van der Waals surface area contributed by atoms with Crippen LogP contribution < -0.4 is 0 Å². The van der Waals surface area contributed by atoms with Crippen molar-refractivity contribution in [2.24, 2.45) is 5.92 Å². The largest absolute Gasteiger partial charge is 0.508 e. The molecule has 184 valence electrons. The number of hydrogen-bond acceptors (Lipinski definition) is 5. The van der Waals surface area contributed by atoms with Gasteiger partial charge in [-0.05, 0) is 48.4 Å². The summed E-state index contributed by atoms with van der Waals surface area (Å²) in [6.07, 6.45) is 5.25. The zero-order valence-corrected chi connectivity index (χ0v) is 19.8. The predicted octanol–water partition coefficient (Wildman–Crippen LogP) is 3.44. The molecule has 1 aliphatic carbocycles. The lowest BCUT2D eigenvalue weighted by Gasteiger charge is -2.50. The Morgan fingerprint density at radius 2 is 1.51 bits per heavy atom. The smallest absolute Gasteiger partial charge is 0.310 e. The van der Waals surface area contributed by atoms with E-state index in [4.69, 9.17) is 4.74 Å². The molecule has 1 N–H and O–H groups in total. The van der Waals surface area contributed by atoms with Gasteiger partial charge in [-0.15, -0.1) is 0 Å². The maximum absolute atomic E-state index is 14.0. The number of benzene rings is 2. The van der Waals surface area contributed by atoms with Gasteiger partial charge in [0.25, 0.3) is 12.1 Å². The van der Waals surface area contributed by atoms with E-state index in [1.165, 1.54) is 11.3 Å². The Hall–Kier alpha value is -3.35. The number of amides is 2. The molecule has 2 aliphatic heterocycles. The van der Waals surface area contributed by atoms with Crippen LogP contribution in [-0.2, 0) is 32.0 Å². The van der Waals surface area contributed by atoms with Crippen molar-refractivity contribution in [3.05, 3.63) is 65.7 Å². The van der Waals surface area contributed by atoms with E-state index in [1.807, 2.05) is 30.3 Å². The Labute approximate surface area is 205 Å². The average Bonchev–Trinajstić information content (AvgIpc) is 2.87. The minimum atomic E-state index is -1.20. The Balaban J connectivity index is 1.46. The molecule has 0 radical (unpaired) electrons. The third-order valence-corrected chi connectivity index (χ3v) is 7.56. The molecule has 2 amide bonds. The number of aromatic hydroxyl groups is 1.